The lowest BCUT2D eigenvalue weighted by Gasteiger charge is -2.46. The topological polar surface area (TPSA) is 78.8 Å². The number of benzene rings is 2. The highest BCUT2D eigenvalue weighted by Gasteiger charge is 2.40. The molecule has 2 aromatic carbocycles. The third-order valence-corrected chi connectivity index (χ3v) is 8.16. The van der Waals surface area contributed by atoms with Gasteiger partial charge in [-0.1, -0.05) is 72.7 Å². The quantitative estimate of drug-likeness (QED) is 0.330. The molecule has 0 spiro atoms. The fraction of sp³-hybridized carbons (Fsp3) is 0.618. The molecule has 216 valence electrons. The summed E-state index contributed by atoms with van der Waals surface area (Å²) in [6, 6.07) is 11.6. The summed E-state index contributed by atoms with van der Waals surface area (Å²) in [7, 11) is 0. The molecule has 1 saturated heterocycles. The standard InChI is InChI=1S/C34H51NO4/c1-30(2,3)25-18-22(12-14-27(25)36)34(11,23-13-15-28(37)26(19-23)31(4,5)6)17-16-29(38)39-24-20-32(7,8)35-33(9,10)21-24/h12-15,18-19,24,35-37H,16-17,20-21H2,1-11H3. The molecule has 3 rings (SSSR count). The fourth-order valence-electron chi connectivity index (χ4n) is 6.32. The lowest BCUT2D eigenvalue weighted by Crippen LogP contribution is -2.59. The van der Waals surface area contributed by atoms with Crippen molar-refractivity contribution in [3.8, 4) is 11.5 Å². The van der Waals surface area contributed by atoms with Gasteiger partial charge in [0.05, 0.1) is 0 Å². The number of phenols is 2. The van der Waals surface area contributed by atoms with E-state index in [9.17, 15) is 15.0 Å². The van der Waals surface area contributed by atoms with Crippen molar-refractivity contribution in [3.05, 3.63) is 58.7 Å². The van der Waals surface area contributed by atoms with Crippen LogP contribution in [0.15, 0.2) is 36.4 Å². The summed E-state index contributed by atoms with van der Waals surface area (Å²) in [5.74, 6) is 0.347. The van der Waals surface area contributed by atoms with Gasteiger partial charge in [-0.15, -0.1) is 0 Å². The molecule has 3 N–H and O–H groups in total. The van der Waals surface area contributed by atoms with Crippen LogP contribution in [0.25, 0.3) is 0 Å². The van der Waals surface area contributed by atoms with Gasteiger partial charge in [0.25, 0.3) is 0 Å². The molecule has 0 saturated carbocycles. The number of rotatable bonds is 6. The van der Waals surface area contributed by atoms with Gasteiger partial charge in [-0.2, -0.15) is 0 Å². The zero-order chi connectivity index (χ0) is 29.6. The van der Waals surface area contributed by atoms with E-state index in [1.54, 1.807) is 12.1 Å². The van der Waals surface area contributed by atoms with E-state index < -0.39 is 5.41 Å². The first-order chi connectivity index (χ1) is 17.6. The molecule has 0 bridgehead atoms. The second-order valence-electron chi connectivity index (χ2n) is 15.2. The number of esters is 1. The Balaban J connectivity index is 1.99. The number of piperidine rings is 1. The molecule has 0 radical (unpaired) electrons. The fourth-order valence-corrected chi connectivity index (χ4v) is 6.32. The molecule has 39 heavy (non-hydrogen) atoms. The summed E-state index contributed by atoms with van der Waals surface area (Å²) in [5, 5.41) is 25.0. The van der Waals surface area contributed by atoms with Crippen molar-refractivity contribution < 1.29 is 19.7 Å². The first-order valence-corrected chi connectivity index (χ1v) is 14.3. The predicted molar refractivity (Wildman–Crippen MR) is 160 cm³/mol. The lowest BCUT2D eigenvalue weighted by molar-refractivity contribution is -0.153. The van der Waals surface area contributed by atoms with Crippen LogP contribution in [0, 0.1) is 0 Å². The normalized spacial score (nSPS) is 18.1. The Hall–Kier alpha value is -2.53. The van der Waals surface area contributed by atoms with E-state index in [2.05, 4.69) is 93.6 Å². The van der Waals surface area contributed by atoms with Crippen LogP contribution in [-0.4, -0.2) is 33.4 Å². The van der Waals surface area contributed by atoms with Crippen molar-refractivity contribution in [1.82, 2.24) is 5.32 Å². The summed E-state index contributed by atoms with van der Waals surface area (Å²) >= 11 is 0. The highest BCUT2D eigenvalue weighted by Crippen LogP contribution is 2.43. The van der Waals surface area contributed by atoms with Gasteiger partial charge in [0.1, 0.15) is 17.6 Å². The van der Waals surface area contributed by atoms with E-state index in [1.807, 2.05) is 12.1 Å². The van der Waals surface area contributed by atoms with Crippen molar-refractivity contribution in [3.63, 3.8) is 0 Å². The first-order valence-electron chi connectivity index (χ1n) is 14.3. The Morgan fingerprint density at radius 1 is 0.821 bits per heavy atom. The second-order valence-corrected chi connectivity index (χ2v) is 15.2. The largest absolute Gasteiger partial charge is 0.508 e. The van der Waals surface area contributed by atoms with Crippen molar-refractivity contribution in [2.75, 3.05) is 0 Å². The minimum atomic E-state index is -0.549. The Bertz CT molecular complexity index is 1120. The van der Waals surface area contributed by atoms with Crippen molar-refractivity contribution in [2.24, 2.45) is 0 Å². The second kappa shape index (κ2) is 10.5. The van der Waals surface area contributed by atoms with Crippen LogP contribution in [0.1, 0.15) is 124 Å². The number of nitrogens with one attached hydrogen (secondary N) is 1. The molecule has 5 nitrogen and oxygen atoms in total. The maximum absolute atomic E-state index is 13.3. The zero-order valence-corrected chi connectivity index (χ0v) is 26.1. The third kappa shape index (κ3) is 7.36. The molecule has 0 unspecified atom stereocenters. The summed E-state index contributed by atoms with van der Waals surface area (Å²) in [6.07, 6.45) is 2.22. The number of carbonyl (C=O) groups is 1. The molecule has 1 aliphatic rings. The summed E-state index contributed by atoms with van der Waals surface area (Å²) in [5.41, 5.74) is 2.51. The monoisotopic (exact) mass is 537 g/mol. The molecule has 0 amide bonds. The minimum Gasteiger partial charge on any atom is -0.508 e. The number of hydrogen-bond acceptors (Lipinski definition) is 5. The zero-order valence-electron chi connectivity index (χ0n) is 26.1. The molecule has 1 heterocycles. The van der Waals surface area contributed by atoms with Crippen LogP contribution in [-0.2, 0) is 25.8 Å². The first kappa shape index (κ1) is 31.0. The van der Waals surface area contributed by atoms with Crippen LogP contribution >= 0.6 is 0 Å². The Labute approximate surface area is 236 Å². The maximum atomic E-state index is 13.3. The molecule has 0 aliphatic carbocycles. The van der Waals surface area contributed by atoms with E-state index in [1.165, 1.54) is 0 Å². The van der Waals surface area contributed by atoms with E-state index in [0.29, 0.717) is 6.42 Å². The smallest absolute Gasteiger partial charge is 0.306 e. The average molecular weight is 538 g/mol. The Kier molecular flexibility index (Phi) is 8.32. The number of aromatic hydroxyl groups is 2. The summed E-state index contributed by atoms with van der Waals surface area (Å²) < 4.78 is 6.06. The van der Waals surface area contributed by atoms with Gasteiger partial charge in [0.15, 0.2) is 0 Å². The Morgan fingerprint density at radius 3 is 1.62 bits per heavy atom. The minimum absolute atomic E-state index is 0.105. The number of hydrogen-bond donors (Lipinski definition) is 3. The van der Waals surface area contributed by atoms with E-state index in [0.717, 1.165) is 35.1 Å². The number of phenolic OH excluding ortho intramolecular Hbond substituents is 2. The van der Waals surface area contributed by atoms with Gasteiger partial charge in [-0.05, 0) is 79.3 Å². The number of ether oxygens (including phenoxy) is 1. The van der Waals surface area contributed by atoms with Crippen LogP contribution in [0.4, 0.5) is 0 Å². The van der Waals surface area contributed by atoms with Gasteiger partial charge >= 0.3 is 5.97 Å². The van der Waals surface area contributed by atoms with Gasteiger partial charge in [-0.3, -0.25) is 4.79 Å². The van der Waals surface area contributed by atoms with Gasteiger partial charge in [-0.25, -0.2) is 0 Å². The van der Waals surface area contributed by atoms with Crippen molar-refractivity contribution in [1.29, 1.82) is 0 Å². The van der Waals surface area contributed by atoms with Gasteiger partial charge in [0, 0.05) is 35.8 Å². The SMILES string of the molecule is CC1(C)CC(OC(=O)CCC(C)(c2ccc(O)c(C(C)(C)C)c2)c2ccc(O)c(C(C)(C)C)c2)CC(C)(C)N1. The highest BCUT2D eigenvalue weighted by molar-refractivity contribution is 5.70. The molecule has 0 atom stereocenters. The molecular weight excluding hydrogens is 486 g/mol. The highest BCUT2D eigenvalue weighted by atomic mass is 16.5. The molecule has 1 fully saturated rings. The lowest BCUT2D eigenvalue weighted by atomic mass is 9.70. The van der Waals surface area contributed by atoms with Crippen LogP contribution in [0.5, 0.6) is 11.5 Å². The predicted octanol–water partition coefficient (Wildman–Crippen LogP) is 7.63. The third-order valence-electron chi connectivity index (χ3n) is 8.16. The Morgan fingerprint density at radius 2 is 1.23 bits per heavy atom. The molecule has 0 aromatic heterocycles. The molecule has 1 aliphatic heterocycles. The van der Waals surface area contributed by atoms with Crippen LogP contribution in [0.3, 0.4) is 0 Å². The summed E-state index contributed by atoms with van der Waals surface area (Å²) in [4.78, 5) is 13.3. The van der Waals surface area contributed by atoms with Crippen LogP contribution in [0.2, 0.25) is 0 Å². The maximum Gasteiger partial charge on any atom is 0.306 e. The van der Waals surface area contributed by atoms with Gasteiger partial charge in [0.2, 0.25) is 0 Å². The van der Waals surface area contributed by atoms with Crippen molar-refractivity contribution >= 4 is 5.97 Å². The summed E-state index contributed by atoms with van der Waals surface area (Å²) in [6.45, 7) is 23.3. The molecular formula is C34H51NO4. The molecule has 5 heteroatoms. The average Bonchev–Trinajstić information content (AvgIpc) is 2.74. The van der Waals surface area contributed by atoms with E-state index >= 15 is 0 Å². The molecule has 2 aromatic rings. The van der Waals surface area contributed by atoms with Crippen LogP contribution < -0.4 is 5.32 Å². The van der Waals surface area contributed by atoms with Gasteiger partial charge < -0.3 is 20.3 Å². The van der Waals surface area contributed by atoms with E-state index in [-0.39, 0.29) is 51.9 Å². The number of carbonyl (C=O) groups excluding carboxylic acids is 1. The van der Waals surface area contributed by atoms with E-state index in [4.69, 9.17) is 4.74 Å². The van der Waals surface area contributed by atoms with Crippen molar-refractivity contribution in [2.45, 2.75) is 135 Å².